The van der Waals surface area contributed by atoms with Crippen molar-refractivity contribution in [2.45, 2.75) is 12.0 Å². The first-order valence-electron chi connectivity index (χ1n) is 7.92. The maximum atomic E-state index is 13.2. The predicted molar refractivity (Wildman–Crippen MR) is 96.1 cm³/mol. The number of ketones is 1. The van der Waals surface area contributed by atoms with Crippen LogP contribution < -0.4 is 0 Å². The molecule has 1 atom stereocenters. The van der Waals surface area contributed by atoms with E-state index in [0.29, 0.717) is 5.56 Å². The van der Waals surface area contributed by atoms with E-state index in [9.17, 15) is 14.9 Å². The summed E-state index contributed by atoms with van der Waals surface area (Å²) in [6.07, 6.45) is 0.119. The van der Waals surface area contributed by atoms with Gasteiger partial charge in [-0.15, -0.1) is 0 Å². The van der Waals surface area contributed by atoms with E-state index < -0.39 is 17.4 Å². The average molecular weight is 335 g/mol. The van der Waals surface area contributed by atoms with Gasteiger partial charge in [0.2, 0.25) is 5.78 Å². The smallest absolute Gasteiger partial charge is 0.320 e. The van der Waals surface area contributed by atoms with E-state index in [2.05, 4.69) is 6.07 Å². The summed E-state index contributed by atoms with van der Waals surface area (Å²) in [5.41, 5.74) is -0.408. The lowest BCUT2D eigenvalue weighted by Crippen LogP contribution is -2.58. The van der Waals surface area contributed by atoms with Gasteiger partial charge >= 0.3 is 6.03 Å². The van der Waals surface area contributed by atoms with E-state index in [0.717, 1.165) is 5.56 Å². The van der Waals surface area contributed by atoms with Crippen LogP contribution in [0.4, 0.5) is 4.79 Å². The first-order chi connectivity index (χ1) is 11.9. The summed E-state index contributed by atoms with van der Waals surface area (Å²) in [5, 5.41) is 9.99. The molecule has 25 heavy (non-hydrogen) atoms. The zero-order valence-electron chi connectivity index (χ0n) is 14.6. The topological polar surface area (TPSA) is 64.4 Å². The van der Waals surface area contributed by atoms with Crippen molar-refractivity contribution >= 4 is 11.8 Å². The van der Waals surface area contributed by atoms with E-state index >= 15 is 0 Å². The Morgan fingerprint density at radius 2 is 1.48 bits per heavy atom. The molecule has 0 radical (unpaired) electrons. The van der Waals surface area contributed by atoms with Gasteiger partial charge in [-0.1, -0.05) is 60.7 Å². The molecular weight excluding hydrogens is 314 g/mol. The highest BCUT2D eigenvalue weighted by Gasteiger charge is 2.46. The Morgan fingerprint density at radius 3 is 1.96 bits per heavy atom. The van der Waals surface area contributed by atoms with Gasteiger partial charge in [-0.2, -0.15) is 5.26 Å². The second-order valence-electron chi connectivity index (χ2n) is 6.07. The number of nitrogens with zero attached hydrogens (tertiary/aromatic N) is 3. The molecule has 0 aliphatic carbocycles. The third kappa shape index (κ3) is 3.69. The molecule has 5 heteroatoms. The zero-order chi connectivity index (χ0) is 18.4. The number of benzene rings is 2. The van der Waals surface area contributed by atoms with Gasteiger partial charge in [-0.3, -0.25) is 4.79 Å². The summed E-state index contributed by atoms with van der Waals surface area (Å²) < 4.78 is 0. The number of carbonyl (C=O) groups excluding carboxylic acids is 2. The molecule has 5 nitrogen and oxygen atoms in total. The van der Waals surface area contributed by atoms with Gasteiger partial charge in [0.1, 0.15) is 0 Å². The highest BCUT2D eigenvalue weighted by atomic mass is 16.2. The van der Waals surface area contributed by atoms with Crippen molar-refractivity contribution in [2.75, 3.05) is 21.1 Å². The van der Waals surface area contributed by atoms with E-state index in [1.54, 1.807) is 44.4 Å². The molecule has 0 fully saturated rings. The number of carbonyl (C=O) groups is 2. The van der Waals surface area contributed by atoms with Crippen LogP contribution in [0.3, 0.4) is 0 Å². The standard InChI is InChI=1S/C20H21N3O2/c1-22(2)19(25)23(3)20(15-21,14-16-10-6-4-7-11-16)18(24)17-12-8-5-9-13-17/h4-13H,14H2,1-3H3/t20-/m1/s1. The summed E-state index contributed by atoms with van der Waals surface area (Å²) in [6.45, 7) is 0. The molecule has 0 N–H and O–H groups in total. The quantitative estimate of drug-likeness (QED) is 0.789. The molecule has 0 saturated heterocycles. The molecule has 2 aromatic carbocycles. The van der Waals surface area contributed by atoms with Crippen molar-refractivity contribution in [1.29, 1.82) is 5.26 Å². The van der Waals surface area contributed by atoms with Crippen molar-refractivity contribution in [3.63, 3.8) is 0 Å². The Hall–Kier alpha value is -3.13. The summed E-state index contributed by atoms with van der Waals surface area (Å²) in [5.74, 6) is -0.392. The SMILES string of the molecule is CN(C)C(=O)N(C)[C@@](C#N)(Cc1ccccc1)C(=O)c1ccccc1. The Balaban J connectivity index is 2.55. The normalized spacial score (nSPS) is 12.6. The van der Waals surface area contributed by atoms with Crippen molar-refractivity contribution in [2.24, 2.45) is 0 Å². The molecule has 0 saturated carbocycles. The number of urea groups is 1. The number of Topliss-reactive ketones (excluding diaryl/α,β-unsaturated/α-hetero) is 1. The number of nitriles is 1. The molecule has 2 rings (SSSR count). The fourth-order valence-corrected chi connectivity index (χ4v) is 2.70. The van der Waals surface area contributed by atoms with E-state index in [1.807, 2.05) is 30.3 Å². The fraction of sp³-hybridized carbons (Fsp3) is 0.250. The molecule has 2 amide bonds. The molecule has 0 heterocycles. The minimum atomic E-state index is -1.62. The van der Waals surface area contributed by atoms with Crippen molar-refractivity contribution in [3.05, 3.63) is 71.8 Å². The lowest BCUT2D eigenvalue weighted by atomic mass is 9.83. The minimum Gasteiger partial charge on any atom is -0.331 e. The number of hydrogen-bond donors (Lipinski definition) is 0. The second-order valence-corrected chi connectivity index (χ2v) is 6.07. The van der Waals surface area contributed by atoms with Crippen molar-refractivity contribution < 1.29 is 9.59 Å². The Morgan fingerprint density at radius 1 is 0.960 bits per heavy atom. The van der Waals surface area contributed by atoms with Gasteiger partial charge in [-0.05, 0) is 5.56 Å². The van der Waals surface area contributed by atoms with Crippen LogP contribution in [0.15, 0.2) is 60.7 Å². The van der Waals surface area contributed by atoms with Crippen molar-refractivity contribution in [1.82, 2.24) is 9.80 Å². The number of rotatable bonds is 5. The number of hydrogen-bond acceptors (Lipinski definition) is 3. The number of likely N-dealkylation sites (N-methyl/N-ethyl adjacent to an activating group) is 1. The monoisotopic (exact) mass is 335 g/mol. The highest BCUT2D eigenvalue weighted by molar-refractivity contribution is 6.07. The van der Waals surface area contributed by atoms with Crippen molar-refractivity contribution in [3.8, 4) is 6.07 Å². The van der Waals surface area contributed by atoms with Gasteiger partial charge in [0.25, 0.3) is 0 Å². The van der Waals surface area contributed by atoms with Gasteiger partial charge in [-0.25, -0.2) is 4.79 Å². The first-order valence-corrected chi connectivity index (χ1v) is 7.92. The Bertz CT molecular complexity index is 782. The molecule has 128 valence electrons. The van der Waals surface area contributed by atoms with Gasteiger partial charge < -0.3 is 9.80 Å². The highest BCUT2D eigenvalue weighted by Crippen LogP contribution is 2.26. The Labute approximate surface area is 148 Å². The van der Waals surface area contributed by atoms with Crippen LogP contribution in [0.5, 0.6) is 0 Å². The molecule has 2 aromatic rings. The summed E-state index contributed by atoms with van der Waals surface area (Å²) in [4.78, 5) is 28.3. The van der Waals surface area contributed by atoms with Crippen LogP contribution in [-0.2, 0) is 6.42 Å². The molecule has 0 aliphatic rings. The average Bonchev–Trinajstić information content (AvgIpc) is 2.65. The molecular formula is C20H21N3O2. The minimum absolute atomic E-state index is 0.119. The van der Waals surface area contributed by atoms with Crippen LogP contribution in [0.2, 0.25) is 0 Å². The van der Waals surface area contributed by atoms with Gasteiger partial charge in [0, 0.05) is 33.1 Å². The van der Waals surface area contributed by atoms with E-state index in [-0.39, 0.29) is 6.42 Å². The third-order valence-electron chi connectivity index (χ3n) is 4.14. The third-order valence-corrected chi connectivity index (χ3v) is 4.14. The largest absolute Gasteiger partial charge is 0.331 e. The predicted octanol–water partition coefficient (Wildman–Crippen LogP) is 2.99. The lowest BCUT2D eigenvalue weighted by molar-refractivity contribution is 0.0759. The molecule has 0 aromatic heterocycles. The van der Waals surface area contributed by atoms with Crippen LogP contribution in [0.1, 0.15) is 15.9 Å². The van der Waals surface area contributed by atoms with Crippen LogP contribution in [0.25, 0.3) is 0 Å². The molecule has 0 spiro atoms. The van der Waals surface area contributed by atoms with Gasteiger partial charge in [0.05, 0.1) is 6.07 Å². The lowest BCUT2D eigenvalue weighted by Gasteiger charge is -2.36. The van der Waals surface area contributed by atoms with E-state index in [1.165, 1.54) is 16.8 Å². The molecule has 0 aliphatic heterocycles. The maximum Gasteiger partial charge on any atom is 0.320 e. The van der Waals surface area contributed by atoms with Crippen LogP contribution >= 0.6 is 0 Å². The maximum absolute atomic E-state index is 13.2. The van der Waals surface area contributed by atoms with Crippen LogP contribution in [-0.4, -0.2) is 48.3 Å². The molecule has 0 unspecified atom stereocenters. The van der Waals surface area contributed by atoms with E-state index in [4.69, 9.17) is 0 Å². The first kappa shape index (κ1) is 18.2. The fourth-order valence-electron chi connectivity index (χ4n) is 2.70. The zero-order valence-corrected chi connectivity index (χ0v) is 14.6. The number of amides is 2. The summed E-state index contributed by atoms with van der Waals surface area (Å²) in [7, 11) is 4.68. The molecule has 0 bridgehead atoms. The second kappa shape index (κ2) is 7.63. The summed E-state index contributed by atoms with van der Waals surface area (Å²) >= 11 is 0. The van der Waals surface area contributed by atoms with Gasteiger partial charge in [0.15, 0.2) is 5.54 Å². The summed E-state index contributed by atoms with van der Waals surface area (Å²) in [6, 6.07) is 19.6. The van der Waals surface area contributed by atoms with Crippen LogP contribution in [0, 0.1) is 11.3 Å². The Kier molecular flexibility index (Phi) is 5.56.